The molecule has 1 amide bonds. The van der Waals surface area contributed by atoms with E-state index < -0.39 is 41.5 Å². The van der Waals surface area contributed by atoms with Crippen LogP contribution in [0.4, 0.5) is 18.9 Å². The normalized spacial score (nSPS) is 17.1. The van der Waals surface area contributed by atoms with Crippen LogP contribution in [0, 0.1) is 5.92 Å². The molecule has 0 bridgehead atoms. The number of halogens is 3. The summed E-state index contributed by atoms with van der Waals surface area (Å²) in [5.41, 5.74) is 0.220. The van der Waals surface area contributed by atoms with Crippen molar-refractivity contribution in [1.82, 2.24) is 0 Å². The fourth-order valence-electron chi connectivity index (χ4n) is 3.24. The van der Waals surface area contributed by atoms with Gasteiger partial charge in [-0.1, -0.05) is 32.0 Å². The van der Waals surface area contributed by atoms with Gasteiger partial charge in [-0.15, -0.1) is 13.2 Å². The second kappa shape index (κ2) is 7.74. The number of hydrogen-bond donors (Lipinski definition) is 2. The van der Waals surface area contributed by atoms with Gasteiger partial charge >= 0.3 is 6.36 Å². The van der Waals surface area contributed by atoms with E-state index in [9.17, 15) is 33.0 Å². The molecule has 2 aromatic carbocycles. The van der Waals surface area contributed by atoms with Crippen LogP contribution in [0.3, 0.4) is 0 Å². The smallest absolute Gasteiger partial charge is 0.508 e. The molecule has 9 heteroatoms. The fraction of sp³-hybridized carbons (Fsp3) is 0.238. The minimum absolute atomic E-state index is 0.00192. The zero-order valence-electron chi connectivity index (χ0n) is 16.0. The molecule has 0 aliphatic carbocycles. The molecule has 1 atom stereocenters. The zero-order chi connectivity index (χ0) is 22.2. The van der Waals surface area contributed by atoms with Crippen molar-refractivity contribution < 1.29 is 37.7 Å². The first kappa shape index (κ1) is 21.2. The highest BCUT2D eigenvalue weighted by molar-refractivity contribution is 6.16. The van der Waals surface area contributed by atoms with Crippen LogP contribution >= 0.6 is 0 Å². The summed E-state index contributed by atoms with van der Waals surface area (Å²) in [5.74, 6) is -3.34. The summed E-state index contributed by atoms with van der Waals surface area (Å²) < 4.78 is 41.7. The van der Waals surface area contributed by atoms with Crippen LogP contribution in [0.2, 0.25) is 0 Å². The largest absolute Gasteiger partial charge is 0.573 e. The third kappa shape index (κ3) is 4.10. The number of amides is 1. The number of carbonyl (C=O) groups excluding carboxylic acids is 2. The first-order valence-corrected chi connectivity index (χ1v) is 8.95. The molecule has 158 valence electrons. The number of ketones is 1. The number of ether oxygens (including phenoxy) is 1. The minimum atomic E-state index is -4.93. The predicted octanol–water partition coefficient (Wildman–Crippen LogP) is 4.42. The highest BCUT2D eigenvalue weighted by Gasteiger charge is 2.45. The number of aromatic hydroxyl groups is 1. The van der Waals surface area contributed by atoms with E-state index >= 15 is 0 Å². The molecule has 0 fully saturated rings. The average molecular weight is 421 g/mol. The Balaban J connectivity index is 2.13. The molecule has 2 aromatic rings. The summed E-state index contributed by atoms with van der Waals surface area (Å²) in [6, 6.07) is 9.21. The number of hydrogen-bond acceptors (Lipinski definition) is 5. The van der Waals surface area contributed by atoms with E-state index in [4.69, 9.17) is 0 Å². The van der Waals surface area contributed by atoms with Crippen molar-refractivity contribution >= 4 is 17.4 Å². The fourth-order valence-corrected chi connectivity index (χ4v) is 3.24. The van der Waals surface area contributed by atoms with Gasteiger partial charge in [0.25, 0.3) is 5.91 Å². The molecule has 3 rings (SSSR count). The number of benzene rings is 2. The summed E-state index contributed by atoms with van der Waals surface area (Å²) in [6.07, 6.45) is -4.93. The summed E-state index contributed by atoms with van der Waals surface area (Å²) in [5, 5.41) is 20.0. The van der Waals surface area contributed by atoms with E-state index in [1.807, 2.05) is 0 Å². The van der Waals surface area contributed by atoms with Crippen molar-refractivity contribution in [3.05, 3.63) is 65.4 Å². The monoisotopic (exact) mass is 421 g/mol. The number of aliphatic hydroxyl groups excluding tert-OH is 1. The Kier molecular flexibility index (Phi) is 5.47. The van der Waals surface area contributed by atoms with E-state index in [2.05, 4.69) is 4.74 Å². The first-order chi connectivity index (χ1) is 14.0. The average Bonchev–Trinajstić information content (AvgIpc) is 2.91. The predicted molar refractivity (Wildman–Crippen MR) is 101 cm³/mol. The Bertz CT molecular complexity index is 1010. The second-order valence-electron chi connectivity index (χ2n) is 7.00. The number of alkyl halides is 3. The third-order valence-electron chi connectivity index (χ3n) is 4.54. The Hall–Kier alpha value is -3.49. The Morgan fingerprint density at radius 1 is 1.10 bits per heavy atom. The van der Waals surface area contributed by atoms with Crippen molar-refractivity contribution in [3.8, 4) is 11.5 Å². The number of carbonyl (C=O) groups is 2. The number of Topliss-reactive ketones (excluding diaryl/α,β-unsaturated/α-hetero) is 1. The van der Waals surface area contributed by atoms with E-state index in [1.54, 1.807) is 13.8 Å². The topological polar surface area (TPSA) is 87.1 Å². The molecule has 0 saturated heterocycles. The van der Waals surface area contributed by atoms with Crippen molar-refractivity contribution in [1.29, 1.82) is 0 Å². The summed E-state index contributed by atoms with van der Waals surface area (Å²) in [7, 11) is 0. The minimum Gasteiger partial charge on any atom is -0.508 e. The Labute approximate surface area is 169 Å². The maximum absolute atomic E-state index is 12.8. The van der Waals surface area contributed by atoms with Crippen LogP contribution < -0.4 is 9.64 Å². The Morgan fingerprint density at radius 3 is 2.30 bits per heavy atom. The van der Waals surface area contributed by atoms with Gasteiger partial charge in [-0.3, -0.25) is 14.5 Å². The zero-order valence-corrected chi connectivity index (χ0v) is 16.0. The highest BCUT2D eigenvalue weighted by atomic mass is 19.4. The number of anilines is 1. The maximum Gasteiger partial charge on any atom is 0.573 e. The molecule has 2 N–H and O–H groups in total. The van der Waals surface area contributed by atoms with Crippen molar-refractivity contribution in [2.75, 3.05) is 4.90 Å². The number of rotatable bonds is 5. The lowest BCUT2D eigenvalue weighted by Gasteiger charge is -2.27. The molecule has 1 aliphatic heterocycles. The van der Waals surface area contributed by atoms with Gasteiger partial charge in [-0.2, -0.15) is 0 Å². The lowest BCUT2D eigenvalue weighted by molar-refractivity contribution is -0.274. The van der Waals surface area contributed by atoms with Gasteiger partial charge in [0.15, 0.2) is 11.5 Å². The van der Waals surface area contributed by atoms with Crippen molar-refractivity contribution in [3.63, 3.8) is 0 Å². The van der Waals surface area contributed by atoms with Gasteiger partial charge in [0, 0.05) is 17.7 Å². The van der Waals surface area contributed by atoms with Gasteiger partial charge in [0.1, 0.15) is 11.5 Å². The standard InChI is InChI=1S/C21H18F3NO5/c1-11(2)18(27)16-17(12-6-8-14(26)9-7-12)25(20(29)19(16)28)13-4-3-5-15(10-13)30-21(22,23)24/h3-11,17,26,28H,1-2H3. The third-order valence-corrected chi connectivity index (χ3v) is 4.54. The maximum atomic E-state index is 12.8. The molecule has 0 saturated carbocycles. The van der Waals surface area contributed by atoms with E-state index in [-0.39, 0.29) is 17.0 Å². The van der Waals surface area contributed by atoms with Crippen LogP contribution in [-0.4, -0.2) is 28.3 Å². The molecule has 0 radical (unpaired) electrons. The molecule has 1 aliphatic rings. The first-order valence-electron chi connectivity index (χ1n) is 8.95. The molecule has 0 aromatic heterocycles. The van der Waals surface area contributed by atoms with Crippen molar-refractivity contribution in [2.24, 2.45) is 5.92 Å². The van der Waals surface area contributed by atoms with Gasteiger partial charge in [-0.05, 0) is 29.8 Å². The summed E-state index contributed by atoms with van der Waals surface area (Å²) >= 11 is 0. The van der Waals surface area contributed by atoms with Gasteiger partial charge in [0.05, 0.1) is 11.6 Å². The molecular weight excluding hydrogens is 403 g/mol. The van der Waals surface area contributed by atoms with Crippen LogP contribution in [0.15, 0.2) is 59.9 Å². The van der Waals surface area contributed by atoms with Crippen molar-refractivity contribution in [2.45, 2.75) is 26.3 Å². The number of phenolic OH excluding ortho intramolecular Hbond substituents is 1. The van der Waals surface area contributed by atoms with Crippen LogP contribution in [0.25, 0.3) is 0 Å². The van der Waals surface area contributed by atoms with Gasteiger partial charge in [0.2, 0.25) is 0 Å². The second-order valence-corrected chi connectivity index (χ2v) is 7.00. The van der Waals surface area contributed by atoms with E-state index in [0.717, 1.165) is 17.0 Å². The van der Waals surface area contributed by atoms with E-state index in [1.165, 1.54) is 36.4 Å². The quantitative estimate of drug-likeness (QED) is 0.747. The molecule has 30 heavy (non-hydrogen) atoms. The number of nitrogens with zero attached hydrogens (tertiary/aromatic N) is 1. The Morgan fingerprint density at radius 2 is 1.73 bits per heavy atom. The molecule has 1 heterocycles. The highest BCUT2D eigenvalue weighted by Crippen LogP contribution is 2.43. The summed E-state index contributed by atoms with van der Waals surface area (Å²) in [4.78, 5) is 26.6. The number of phenols is 1. The molecular formula is C21H18F3NO5. The SMILES string of the molecule is CC(C)C(=O)C1=C(O)C(=O)N(c2cccc(OC(F)(F)F)c2)C1c1ccc(O)cc1. The lowest BCUT2D eigenvalue weighted by Crippen LogP contribution is -2.31. The lowest BCUT2D eigenvalue weighted by atomic mass is 9.91. The van der Waals surface area contributed by atoms with Crippen LogP contribution in [-0.2, 0) is 9.59 Å². The van der Waals surface area contributed by atoms with Crippen LogP contribution in [0.1, 0.15) is 25.5 Å². The van der Waals surface area contributed by atoms with Gasteiger partial charge in [-0.25, -0.2) is 0 Å². The molecule has 0 spiro atoms. The number of aliphatic hydroxyl groups is 1. The molecule has 6 nitrogen and oxygen atoms in total. The summed E-state index contributed by atoms with van der Waals surface area (Å²) in [6.45, 7) is 3.20. The molecule has 1 unspecified atom stereocenters. The van der Waals surface area contributed by atoms with Crippen LogP contribution in [0.5, 0.6) is 11.5 Å². The van der Waals surface area contributed by atoms with Gasteiger partial charge < -0.3 is 14.9 Å². The van der Waals surface area contributed by atoms with E-state index in [0.29, 0.717) is 5.56 Å².